The molecule has 0 atom stereocenters. The van der Waals surface area contributed by atoms with Crippen LogP contribution in [0.3, 0.4) is 0 Å². The minimum absolute atomic E-state index is 0.0382. The molecule has 1 N–H and O–H groups in total. The lowest BCUT2D eigenvalue weighted by Gasteiger charge is -2.12. The Labute approximate surface area is 116 Å². The Morgan fingerprint density at radius 1 is 1.16 bits per heavy atom. The predicted octanol–water partition coefficient (Wildman–Crippen LogP) is 3.48. The summed E-state index contributed by atoms with van der Waals surface area (Å²) in [6.07, 6.45) is 1.22. The van der Waals surface area contributed by atoms with E-state index in [9.17, 15) is 4.79 Å². The number of aliphatic hydroxyl groups excluding tert-OH is 1. The Morgan fingerprint density at radius 2 is 1.95 bits per heavy atom. The smallest absolute Gasteiger partial charge is 0.153 e. The lowest BCUT2D eigenvalue weighted by molar-refractivity contribution is 0.112. The largest absolute Gasteiger partial charge is 0.456 e. The number of carbonyl (C=O) groups is 1. The highest BCUT2D eigenvalue weighted by Gasteiger charge is 2.08. The third kappa shape index (κ3) is 3.34. The minimum Gasteiger partial charge on any atom is -0.456 e. The fourth-order valence-corrected chi connectivity index (χ4v) is 1.90. The summed E-state index contributed by atoms with van der Waals surface area (Å²) in [5.74, 6) is 1.02. The summed E-state index contributed by atoms with van der Waals surface area (Å²) < 4.78 is 5.74. The van der Waals surface area contributed by atoms with E-state index in [2.05, 4.69) is 0 Å². The van der Waals surface area contributed by atoms with Crippen LogP contribution in [0.25, 0.3) is 0 Å². The number of halogens is 1. The summed E-state index contributed by atoms with van der Waals surface area (Å²) >= 11 is 5.91. The number of carbonyl (C=O) groups excluding carboxylic acids is 1. The molecule has 0 aliphatic carbocycles. The van der Waals surface area contributed by atoms with E-state index in [1.165, 1.54) is 0 Å². The second-order valence-electron chi connectivity index (χ2n) is 3.98. The van der Waals surface area contributed by atoms with E-state index < -0.39 is 0 Å². The highest BCUT2D eigenvalue weighted by molar-refractivity contribution is 6.30. The van der Waals surface area contributed by atoms with Gasteiger partial charge in [-0.25, -0.2) is 0 Å². The summed E-state index contributed by atoms with van der Waals surface area (Å²) in [6, 6.07) is 12.2. The third-order valence-electron chi connectivity index (χ3n) is 2.68. The number of aldehydes is 1. The topological polar surface area (TPSA) is 46.5 Å². The number of hydrogen-bond acceptors (Lipinski definition) is 3. The molecule has 0 bridgehead atoms. The lowest BCUT2D eigenvalue weighted by Crippen LogP contribution is -1.97. The van der Waals surface area contributed by atoms with Gasteiger partial charge in [0.2, 0.25) is 0 Å². The van der Waals surface area contributed by atoms with Gasteiger partial charge in [-0.05, 0) is 30.2 Å². The normalized spacial score (nSPS) is 10.2. The molecule has 0 unspecified atom stereocenters. The van der Waals surface area contributed by atoms with Gasteiger partial charge in [0.25, 0.3) is 0 Å². The number of benzene rings is 2. The maximum absolute atomic E-state index is 11.0. The van der Waals surface area contributed by atoms with Crippen molar-refractivity contribution >= 4 is 17.9 Å². The summed E-state index contributed by atoms with van der Waals surface area (Å²) in [7, 11) is 0. The molecule has 98 valence electrons. The van der Waals surface area contributed by atoms with Gasteiger partial charge in [0, 0.05) is 17.7 Å². The van der Waals surface area contributed by atoms with Crippen molar-refractivity contribution in [2.75, 3.05) is 6.61 Å². The van der Waals surface area contributed by atoms with E-state index in [1.54, 1.807) is 24.3 Å². The van der Waals surface area contributed by atoms with Gasteiger partial charge in [-0.3, -0.25) is 4.79 Å². The first-order valence-electron chi connectivity index (χ1n) is 5.86. The van der Waals surface area contributed by atoms with Gasteiger partial charge in [-0.15, -0.1) is 0 Å². The lowest BCUT2D eigenvalue weighted by atomic mass is 10.1. The molecule has 0 spiro atoms. The molecule has 2 aromatic rings. The Hall–Kier alpha value is -1.84. The fourth-order valence-electron chi connectivity index (χ4n) is 1.74. The van der Waals surface area contributed by atoms with Crippen LogP contribution in [0, 0.1) is 0 Å². The summed E-state index contributed by atoms with van der Waals surface area (Å²) in [4.78, 5) is 11.0. The molecule has 0 radical (unpaired) electrons. The molecular weight excluding hydrogens is 264 g/mol. The number of aliphatic hydroxyl groups is 1. The van der Waals surface area contributed by atoms with Crippen LogP contribution in [-0.4, -0.2) is 18.0 Å². The molecule has 19 heavy (non-hydrogen) atoms. The van der Waals surface area contributed by atoms with E-state index in [0.717, 1.165) is 11.8 Å². The highest BCUT2D eigenvalue weighted by atomic mass is 35.5. The molecular formula is C15H13ClO3. The zero-order valence-electron chi connectivity index (χ0n) is 10.2. The minimum atomic E-state index is 0.0382. The molecule has 2 rings (SSSR count). The van der Waals surface area contributed by atoms with Gasteiger partial charge in [0.1, 0.15) is 11.5 Å². The highest BCUT2D eigenvalue weighted by Crippen LogP contribution is 2.29. The van der Waals surface area contributed by atoms with Gasteiger partial charge in [-0.1, -0.05) is 29.8 Å². The summed E-state index contributed by atoms with van der Waals surface area (Å²) in [5.41, 5.74) is 1.31. The van der Waals surface area contributed by atoms with E-state index in [1.807, 2.05) is 18.2 Å². The van der Waals surface area contributed by atoms with Gasteiger partial charge < -0.3 is 9.84 Å². The van der Waals surface area contributed by atoms with Crippen LogP contribution in [0.1, 0.15) is 15.9 Å². The van der Waals surface area contributed by atoms with Crippen molar-refractivity contribution in [2.24, 2.45) is 0 Å². The Kier molecular flexibility index (Phi) is 4.55. The van der Waals surface area contributed by atoms with Crippen LogP contribution in [-0.2, 0) is 6.42 Å². The Morgan fingerprint density at radius 3 is 2.68 bits per heavy atom. The molecule has 0 saturated heterocycles. The van der Waals surface area contributed by atoms with Crippen LogP contribution in [0.15, 0.2) is 42.5 Å². The Bertz CT molecular complexity index is 581. The molecule has 0 heterocycles. The SMILES string of the molecule is O=Cc1ccc(Cl)cc1Oc1ccccc1CCO. The standard InChI is InChI=1S/C15H13ClO3/c16-13-6-5-12(10-18)15(9-13)19-14-4-2-1-3-11(14)7-8-17/h1-6,9-10,17H,7-8H2. The zero-order chi connectivity index (χ0) is 13.7. The van der Waals surface area contributed by atoms with Crippen molar-refractivity contribution in [3.8, 4) is 11.5 Å². The van der Waals surface area contributed by atoms with Crippen LogP contribution >= 0.6 is 11.6 Å². The van der Waals surface area contributed by atoms with Crippen LogP contribution in [0.2, 0.25) is 5.02 Å². The average Bonchev–Trinajstić information content (AvgIpc) is 2.42. The summed E-state index contributed by atoms with van der Waals surface area (Å²) in [6.45, 7) is 0.0382. The molecule has 0 aromatic heterocycles. The number of hydrogen-bond donors (Lipinski definition) is 1. The van der Waals surface area contributed by atoms with Crippen LogP contribution in [0.5, 0.6) is 11.5 Å². The first kappa shape index (κ1) is 13.6. The van der Waals surface area contributed by atoms with Gasteiger partial charge in [0.05, 0.1) is 5.56 Å². The van der Waals surface area contributed by atoms with Crippen LogP contribution in [0.4, 0.5) is 0 Å². The fraction of sp³-hybridized carbons (Fsp3) is 0.133. The average molecular weight is 277 g/mol. The van der Waals surface area contributed by atoms with Gasteiger partial charge in [-0.2, -0.15) is 0 Å². The Balaban J connectivity index is 2.35. The van der Waals surface area contributed by atoms with Crippen molar-refractivity contribution in [3.63, 3.8) is 0 Å². The molecule has 0 fully saturated rings. The van der Waals surface area contributed by atoms with Crippen molar-refractivity contribution in [1.82, 2.24) is 0 Å². The second kappa shape index (κ2) is 6.36. The third-order valence-corrected chi connectivity index (χ3v) is 2.91. The molecule has 0 aliphatic heterocycles. The number of rotatable bonds is 5. The molecule has 3 nitrogen and oxygen atoms in total. The first-order chi connectivity index (χ1) is 9.24. The van der Waals surface area contributed by atoms with Gasteiger partial charge >= 0.3 is 0 Å². The van der Waals surface area contributed by atoms with Crippen molar-refractivity contribution in [3.05, 3.63) is 58.6 Å². The number of para-hydroxylation sites is 1. The monoisotopic (exact) mass is 276 g/mol. The molecule has 4 heteroatoms. The predicted molar refractivity (Wildman–Crippen MR) is 74.1 cm³/mol. The van der Waals surface area contributed by atoms with E-state index in [-0.39, 0.29) is 6.61 Å². The second-order valence-corrected chi connectivity index (χ2v) is 4.42. The molecule has 0 saturated carbocycles. The van der Waals surface area contributed by atoms with Crippen molar-refractivity contribution in [1.29, 1.82) is 0 Å². The maximum Gasteiger partial charge on any atom is 0.153 e. The quantitative estimate of drug-likeness (QED) is 0.851. The molecule has 0 amide bonds. The summed E-state index contributed by atoms with van der Waals surface area (Å²) in [5, 5.41) is 9.52. The van der Waals surface area contributed by atoms with E-state index in [4.69, 9.17) is 21.4 Å². The van der Waals surface area contributed by atoms with Gasteiger partial charge in [0.15, 0.2) is 6.29 Å². The van der Waals surface area contributed by atoms with E-state index in [0.29, 0.717) is 28.5 Å². The maximum atomic E-state index is 11.0. The first-order valence-corrected chi connectivity index (χ1v) is 6.23. The molecule has 0 aliphatic rings. The number of ether oxygens (including phenoxy) is 1. The van der Waals surface area contributed by atoms with E-state index >= 15 is 0 Å². The van der Waals surface area contributed by atoms with Crippen molar-refractivity contribution < 1.29 is 14.6 Å². The zero-order valence-corrected chi connectivity index (χ0v) is 10.9. The van der Waals surface area contributed by atoms with Crippen molar-refractivity contribution in [2.45, 2.75) is 6.42 Å². The van der Waals surface area contributed by atoms with Crippen LogP contribution < -0.4 is 4.74 Å². The molecule has 2 aromatic carbocycles.